The molecule has 0 N–H and O–H groups in total. The van der Waals surface area contributed by atoms with Crippen LogP contribution in [-0.2, 0) is 0 Å². The lowest BCUT2D eigenvalue weighted by atomic mass is 9.74. The van der Waals surface area contributed by atoms with Gasteiger partial charge >= 0.3 is 0 Å². The highest BCUT2D eigenvalue weighted by atomic mass is 15.2. The summed E-state index contributed by atoms with van der Waals surface area (Å²) in [5, 5.41) is 0. The first kappa shape index (κ1) is 9.51. The van der Waals surface area contributed by atoms with Crippen molar-refractivity contribution in [1.82, 2.24) is 4.90 Å². The van der Waals surface area contributed by atoms with Crippen molar-refractivity contribution in [1.29, 1.82) is 0 Å². The number of nitrogens with zero attached hydrogens (tertiary/aromatic N) is 1. The van der Waals surface area contributed by atoms with Crippen LogP contribution in [0.1, 0.15) is 46.0 Å². The third-order valence-corrected chi connectivity index (χ3v) is 4.32. The molecule has 0 saturated carbocycles. The van der Waals surface area contributed by atoms with Gasteiger partial charge in [-0.25, -0.2) is 0 Å². The Hall–Kier alpha value is -0.0400. The van der Waals surface area contributed by atoms with Gasteiger partial charge in [-0.05, 0) is 44.6 Å². The van der Waals surface area contributed by atoms with Gasteiger partial charge in [-0.2, -0.15) is 0 Å². The van der Waals surface area contributed by atoms with E-state index in [1.807, 2.05) is 0 Å². The van der Waals surface area contributed by atoms with Gasteiger partial charge in [0.05, 0.1) is 0 Å². The van der Waals surface area contributed by atoms with Crippen molar-refractivity contribution in [3.63, 3.8) is 0 Å². The first-order valence-corrected chi connectivity index (χ1v) is 5.90. The minimum atomic E-state index is 0.900. The van der Waals surface area contributed by atoms with Gasteiger partial charge < -0.3 is 4.90 Å². The van der Waals surface area contributed by atoms with Gasteiger partial charge in [0.2, 0.25) is 0 Å². The summed E-state index contributed by atoms with van der Waals surface area (Å²) < 4.78 is 0. The number of rotatable bonds is 1. The van der Waals surface area contributed by atoms with E-state index in [0.29, 0.717) is 0 Å². The van der Waals surface area contributed by atoms with E-state index >= 15 is 0 Å². The summed E-state index contributed by atoms with van der Waals surface area (Å²) >= 11 is 0. The predicted molar refractivity (Wildman–Crippen MR) is 56.8 cm³/mol. The maximum atomic E-state index is 2.66. The smallest absolute Gasteiger partial charge is 0.00979 e. The maximum Gasteiger partial charge on any atom is 0.00979 e. The van der Waals surface area contributed by atoms with Gasteiger partial charge in [0, 0.05) is 12.1 Å². The zero-order valence-electron chi connectivity index (χ0n) is 9.29. The van der Waals surface area contributed by atoms with Gasteiger partial charge in [-0.15, -0.1) is 0 Å². The van der Waals surface area contributed by atoms with Crippen LogP contribution in [0.3, 0.4) is 0 Å². The number of hydrogen-bond donors (Lipinski definition) is 0. The van der Waals surface area contributed by atoms with Crippen LogP contribution in [0.2, 0.25) is 0 Å². The van der Waals surface area contributed by atoms with Crippen LogP contribution in [0.15, 0.2) is 0 Å². The molecule has 2 rings (SSSR count). The Morgan fingerprint density at radius 3 is 2.08 bits per heavy atom. The Morgan fingerprint density at radius 2 is 1.62 bits per heavy atom. The predicted octanol–water partition coefficient (Wildman–Crippen LogP) is 2.91. The molecule has 0 aliphatic carbocycles. The van der Waals surface area contributed by atoms with Crippen LogP contribution in [0, 0.1) is 11.8 Å². The molecular weight excluding hydrogens is 158 g/mol. The molecule has 2 saturated heterocycles. The Kier molecular flexibility index (Phi) is 2.64. The van der Waals surface area contributed by atoms with Crippen LogP contribution in [0.25, 0.3) is 0 Å². The minimum Gasteiger partial charge on any atom is -0.300 e. The summed E-state index contributed by atoms with van der Waals surface area (Å²) in [6.45, 7) is 4.79. The molecule has 2 fully saturated rings. The van der Waals surface area contributed by atoms with Crippen molar-refractivity contribution < 1.29 is 0 Å². The highest BCUT2D eigenvalue weighted by Crippen LogP contribution is 2.38. The van der Waals surface area contributed by atoms with E-state index in [0.717, 1.165) is 23.9 Å². The molecule has 2 atom stereocenters. The van der Waals surface area contributed by atoms with Crippen LogP contribution in [0.5, 0.6) is 0 Å². The molecule has 1 nitrogen and oxygen atoms in total. The van der Waals surface area contributed by atoms with Crippen molar-refractivity contribution in [2.24, 2.45) is 11.8 Å². The maximum absolute atomic E-state index is 2.66. The fourth-order valence-corrected chi connectivity index (χ4v) is 3.20. The van der Waals surface area contributed by atoms with Crippen molar-refractivity contribution in [2.75, 3.05) is 7.05 Å². The molecule has 0 radical (unpaired) electrons. The fourth-order valence-electron chi connectivity index (χ4n) is 3.20. The summed E-state index contributed by atoms with van der Waals surface area (Å²) in [4.78, 5) is 2.66. The quantitative estimate of drug-likeness (QED) is 0.601. The third-order valence-electron chi connectivity index (χ3n) is 4.32. The molecule has 2 unspecified atom stereocenters. The van der Waals surface area contributed by atoms with E-state index in [-0.39, 0.29) is 0 Å². The van der Waals surface area contributed by atoms with E-state index in [1.165, 1.54) is 32.1 Å². The third kappa shape index (κ3) is 1.76. The second-order valence-electron chi connectivity index (χ2n) is 5.38. The largest absolute Gasteiger partial charge is 0.300 e. The molecule has 2 bridgehead atoms. The lowest BCUT2D eigenvalue weighted by Crippen LogP contribution is -2.50. The second-order valence-corrected chi connectivity index (χ2v) is 5.38. The molecular formula is C12H23N. The zero-order valence-corrected chi connectivity index (χ0v) is 9.29. The van der Waals surface area contributed by atoms with E-state index in [9.17, 15) is 0 Å². The van der Waals surface area contributed by atoms with Gasteiger partial charge in [0.15, 0.2) is 0 Å². The molecule has 0 aromatic heterocycles. The molecule has 1 heteroatoms. The van der Waals surface area contributed by atoms with E-state index in [4.69, 9.17) is 0 Å². The summed E-state index contributed by atoms with van der Waals surface area (Å²) in [6.07, 6.45) is 7.31. The van der Waals surface area contributed by atoms with E-state index in [2.05, 4.69) is 25.8 Å². The normalized spacial score (nSPS) is 41.1. The van der Waals surface area contributed by atoms with E-state index in [1.54, 1.807) is 0 Å². The summed E-state index contributed by atoms with van der Waals surface area (Å²) in [6, 6.07) is 1.83. The van der Waals surface area contributed by atoms with Crippen molar-refractivity contribution in [3.05, 3.63) is 0 Å². The molecule has 0 spiro atoms. The molecule has 0 amide bonds. The lowest BCUT2D eigenvalue weighted by molar-refractivity contribution is 0.0232. The average molecular weight is 181 g/mol. The monoisotopic (exact) mass is 181 g/mol. The SMILES string of the molecule is CC(C)C1CC2CCCC(C1)N2C. The second kappa shape index (κ2) is 3.61. The van der Waals surface area contributed by atoms with Gasteiger partial charge in [-0.3, -0.25) is 0 Å². The first-order valence-electron chi connectivity index (χ1n) is 5.90. The Balaban J connectivity index is 2.03. The first-order chi connectivity index (χ1) is 6.18. The molecule has 13 heavy (non-hydrogen) atoms. The molecule has 76 valence electrons. The van der Waals surface area contributed by atoms with Gasteiger partial charge in [0.25, 0.3) is 0 Å². The average Bonchev–Trinajstić information content (AvgIpc) is 2.02. The molecule has 0 aromatic rings. The van der Waals surface area contributed by atoms with E-state index < -0.39 is 0 Å². The summed E-state index contributed by atoms with van der Waals surface area (Å²) in [7, 11) is 2.34. The standard InChI is InChI=1S/C12H23N/c1-9(2)10-7-11-5-4-6-12(8-10)13(11)3/h9-12H,4-8H2,1-3H3. The lowest BCUT2D eigenvalue weighted by Gasteiger charge is -2.48. The number of hydrogen-bond acceptors (Lipinski definition) is 1. The van der Waals surface area contributed by atoms with Crippen LogP contribution in [0.4, 0.5) is 0 Å². The van der Waals surface area contributed by atoms with Gasteiger partial charge in [0.1, 0.15) is 0 Å². The highest BCUT2D eigenvalue weighted by molar-refractivity contribution is 4.91. The van der Waals surface area contributed by atoms with Crippen molar-refractivity contribution in [3.8, 4) is 0 Å². The van der Waals surface area contributed by atoms with Crippen LogP contribution in [-0.4, -0.2) is 24.0 Å². The Labute approximate surface area is 82.5 Å². The van der Waals surface area contributed by atoms with Crippen LogP contribution < -0.4 is 0 Å². The van der Waals surface area contributed by atoms with Gasteiger partial charge in [-0.1, -0.05) is 20.3 Å². The van der Waals surface area contributed by atoms with Crippen LogP contribution >= 0.6 is 0 Å². The van der Waals surface area contributed by atoms with Crippen molar-refractivity contribution >= 4 is 0 Å². The summed E-state index contributed by atoms with van der Waals surface area (Å²) in [5.41, 5.74) is 0. The topological polar surface area (TPSA) is 3.24 Å². The molecule has 2 heterocycles. The Morgan fingerprint density at radius 1 is 1.08 bits per heavy atom. The number of fused-ring (bicyclic) bond motifs is 2. The van der Waals surface area contributed by atoms with Crippen molar-refractivity contribution in [2.45, 2.75) is 58.0 Å². The minimum absolute atomic E-state index is 0.900. The number of piperidine rings is 2. The molecule has 2 aliphatic rings. The highest BCUT2D eigenvalue weighted by Gasteiger charge is 2.36. The summed E-state index contributed by atoms with van der Waals surface area (Å²) in [5.74, 6) is 1.91. The molecule has 2 aliphatic heterocycles. The molecule has 0 aromatic carbocycles. The zero-order chi connectivity index (χ0) is 9.42. The Bertz CT molecular complexity index is 162. The fraction of sp³-hybridized carbons (Fsp3) is 1.00.